The van der Waals surface area contributed by atoms with E-state index in [1.54, 1.807) is 0 Å². The molecule has 2 aromatic carbocycles. The van der Waals surface area contributed by atoms with E-state index in [2.05, 4.69) is 42.3 Å². The van der Waals surface area contributed by atoms with E-state index in [-0.39, 0.29) is 0 Å². The van der Waals surface area contributed by atoms with E-state index in [4.69, 9.17) is 9.05 Å². The molecule has 9 nitrogen and oxygen atoms in total. The maximum atomic E-state index is 5.51. The molecule has 0 aliphatic rings. The van der Waals surface area contributed by atoms with Crippen LogP contribution < -0.4 is 4.90 Å². The molecule has 0 saturated heterocycles. The highest BCUT2D eigenvalue weighted by molar-refractivity contribution is 5.54. The minimum Gasteiger partial charge on any atom is -0.363 e. The molecule has 0 aliphatic carbocycles. The lowest BCUT2D eigenvalue weighted by Crippen LogP contribution is -2.26. The molecule has 0 amide bonds. The standard InChI is InChI=1S/C30H33N7O2/c1-36(2)26-18-17-23(21-31-26)22-37(19-9-15-27-32-29(34-38-27)24-11-5-3-6-12-24)20-10-16-28-33-30(35-39-28)25-13-7-4-8-14-25/h3-8,11-14,17-18,21H,9-10,15-16,19-20,22H2,1-2H3. The van der Waals surface area contributed by atoms with E-state index in [1.807, 2.05) is 85.9 Å². The first kappa shape index (κ1) is 26.2. The van der Waals surface area contributed by atoms with Gasteiger partial charge >= 0.3 is 0 Å². The lowest BCUT2D eigenvalue weighted by atomic mass is 10.2. The molecule has 0 radical (unpaired) electrons. The maximum Gasteiger partial charge on any atom is 0.227 e. The zero-order chi connectivity index (χ0) is 26.9. The summed E-state index contributed by atoms with van der Waals surface area (Å²) in [5.74, 6) is 3.52. The van der Waals surface area contributed by atoms with Gasteiger partial charge in [0, 0.05) is 50.8 Å². The molecule has 0 atom stereocenters. The number of aromatic nitrogens is 5. The third-order valence-corrected chi connectivity index (χ3v) is 6.40. The van der Waals surface area contributed by atoms with Gasteiger partial charge in [-0.05, 0) is 37.6 Å². The maximum absolute atomic E-state index is 5.51. The van der Waals surface area contributed by atoms with Gasteiger partial charge in [0.2, 0.25) is 23.4 Å². The molecular weight excluding hydrogens is 490 g/mol. The molecular formula is C30H33N7O2. The summed E-state index contributed by atoms with van der Waals surface area (Å²) >= 11 is 0. The first-order valence-electron chi connectivity index (χ1n) is 13.2. The van der Waals surface area contributed by atoms with Gasteiger partial charge in [0.1, 0.15) is 5.82 Å². The highest BCUT2D eigenvalue weighted by Crippen LogP contribution is 2.18. The first-order chi connectivity index (χ1) is 19.1. The second-order valence-electron chi connectivity index (χ2n) is 9.66. The molecule has 0 bridgehead atoms. The average Bonchev–Trinajstić information content (AvgIpc) is 3.64. The van der Waals surface area contributed by atoms with Gasteiger partial charge in [-0.1, -0.05) is 77.0 Å². The molecule has 200 valence electrons. The Bertz CT molecular complexity index is 1330. The SMILES string of the molecule is CN(C)c1ccc(CN(CCCc2nc(-c3ccccc3)no2)CCCc2nc(-c3ccccc3)no2)cn1. The van der Waals surface area contributed by atoms with Crippen molar-refractivity contribution in [3.8, 4) is 22.8 Å². The van der Waals surface area contributed by atoms with Gasteiger partial charge in [0.05, 0.1) is 0 Å². The Labute approximate surface area is 228 Å². The van der Waals surface area contributed by atoms with Crippen molar-refractivity contribution in [3.63, 3.8) is 0 Å². The van der Waals surface area contributed by atoms with Crippen molar-refractivity contribution < 1.29 is 9.05 Å². The Kier molecular flexibility index (Phi) is 8.70. The Morgan fingerprint density at radius 3 is 1.67 bits per heavy atom. The highest BCUT2D eigenvalue weighted by Gasteiger charge is 2.13. The average molecular weight is 524 g/mol. The van der Waals surface area contributed by atoms with Crippen LogP contribution in [0.2, 0.25) is 0 Å². The predicted octanol–water partition coefficient (Wildman–Crippen LogP) is 5.32. The first-order valence-corrected chi connectivity index (χ1v) is 13.2. The van der Waals surface area contributed by atoms with Gasteiger partial charge in [-0.2, -0.15) is 9.97 Å². The summed E-state index contributed by atoms with van der Waals surface area (Å²) in [5.41, 5.74) is 3.09. The highest BCUT2D eigenvalue weighted by atomic mass is 16.5. The van der Waals surface area contributed by atoms with Crippen LogP contribution in [0, 0.1) is 0 Å². The van der Waals surface area contributed by atoms with Crippen LogP contribution >= 0.6 is 0 Å². The van der Waals surface area contributed by atoms with Crippen molar-refractivity contribution in [1.29, 1.82) is 0 Å². The minimum absolute atomic E-state index is 0.629. The fraction of sp³-hybridized carbons (Fsp3) is 0.300. The van der Waals surface area contributed by atoms with Crippen LogP contribution in [0.15, 0.2) is 88.0 Å². The second-order valence-corrected chi connectivity index (χ2v) is 9.66. The fourth-order valence-electron chi connectivity index (χ4n) is 4.33. The number of aryl methyl sites for hydroxylation is 2. The number of rotatable bonds is 13. The van der Waals surface area contributed by atoms with Crippen LogP contribution in [0.3, 0.4) is 0 Å². The number of anilines is 1. The molecule has 9 heteroatoms. The molecule has 0 saturated carbocycles. The van der Waals surface area contributed by atoms with Crippen LogP contribution in [0.5, 0.6) is 0 Å². The topological polar surface area (TPSA) is 97.2 Å². The second kappa shape index (κ2) is 12.9. The van der Waals surface area contributed by atoms with Crippen molar-refractivity contribution in [2.75, 3.05) is 32.1 Å². The van der Waals surface area contributed by atoms with E-state index in [9.17, 15) is 0 Å². The van der Waals surface area contributed by atoms with Crippen molar-refractivity contribution in [1.82, 2.24) is 30.2 Å². The molecule has 3 aromatic heterocycles. The summed E-state index contributed by atoms with van der Waals surface area (Å²) in [5, 5.41) is 8.29. The predicted molar refractivity (Wildman–Crippen MR) is 150 cm³/mol. The summed E-state index contributed by atoms with van der Waals surface area (Å²) < 4.78 is 11.0. The zero-order valence-corrected chi connectivity index (χ0v) is 22.4. The number of hydrogen-bond acceptors (Lipinski definition) is 9. The van der Waals surface area contributed by atoms with Gasteiger partial charge in [-0.25, -0.2) is 4.98 Å². The van der Waals surface area contributed by atoms with Crippen LogP contribution in [0.25, 0.3) is 22.8 Å². The van der Waals surface area contributed by atoms with E-state index in [0.29, 0.717) is 23.4 Å². The smallest absolute Gasteiger partial charge is 0.227 e. The van der Waals surface area contributed by atoms with Crippen LogP contribution in [-0.2, 0) is 19.4 Å². The van der Waals surface area contributed by atoms with Crippen molar-refractivity contribution in [2.45, 2.75) is 32.2 Å². The van der Waals surface area contributed by atoms with Gasteiger partial charge < -0.3 is 13.9 Å². The van der Waals surface area contributed by atoms with E-state index in [0.717, 1.165) is 62.3 Å². The quantitative estimate of drug-likeness (QED) is 0.203. The van der Waals surface area contributed by atoms with Crippen LogP contribution in [0.1, 0.15) is 30.2 Å². The van der Waals surface area contributed by atoms with E-state index >= 15 is 0 Å². The molecule has 5 rings (SSSR count). The van der Waals surface area contributed by atoms with Crippen molar-refractivity contribution in [2.24, 2.45) is 0 Å². The Morgan fingerprint density at radius 1 is 0.667 bits per heavy atom. The summed E-state index contributed by atoms with van der Waals surface area (Å²) in [4.78, 5) is 18.2. The largest absolute Gasteiger partial charge is 0.363 e. The van der Waals surface area contributed by atoms with Gasteiger partial charge in [0.15, 0.2) is 0 Å². The van der Waals surface area contributed by atoms with Crippen LogP contribution in [-0.4, -0.2) is 57.4 Å². The molecule has 3 heterocycles. The third kappa shape index (κ3) is 7.36. The van der Waals surface area contributed by atoms with E-state index in [1.165, 1.54) is 5.56 Å². The molecule has 5 aromatic rings. The van der Waals surface area contributed by atoms with Gasteiger partial charge in [-0.3, -0.25) is 4.90 Å². The van der Waals surface area contributed by atoms with Gasteiger partial charge in [0.25, 0.3) is 0 Å². The summed E-state index contributed by atoms with van der Waals surface area (Å²) in [6.07, 6.45) is 5.20. The molecule has 0 spiro atoms. The number of benzene rings is 2. The fourth-order valence-corrected chi connectivity index (χ4v) is 4.33. The Balaban J connectivity index is 1.18. The van der Waals surface area contributed by atoms with Gasteiger partial charge in [-0.15, -0.1) is 0 Å². The molecule has 0 aliphatic heterocycles. The van der Waals surface area contributed by atoms with Crippen LogP contribution in [0.4, 0.5) is 5.82 Å². The van der Waals surface area contributed by atoms with E-state index < -0.39 is 0 Å². The summed E-state index contributed by atoms with van der Waals surface area (Å²) in [7, 11) is 3.99. The minimum atomic E-state index is 0.629. The molecule has 0 unspecified atom stereocenters. The number of nitrogens with zero attached hydrogens (tertiary/aromatic N) is 7. The normalized spacial score (nSPS) is 11.3. The van der Waals surface area contributed by atoms with Crippen molar-refractivity contribution in [3.05, 3.63) is 96.3 Å². The lowest BCUT2D eigenvalue weighted by Gasteiger charge is -2.22. The molecule has 39 heavy (non-hydrogen) atoms. The summed E-state index contributed by atoms with van der Waals surface area (Å²) in [6.45, 7) is 2.58. The number of hydrogen-bond donors (Lipinski definition) is 0. The monoisotopic (exact) mass is 523 g/mol. The molecule has 0 N–H and O–H groups in total. The summed E-state index contributed by atoms with van der Waals surface area (Å²) in [6, 6.07) is 24.0. The Hall–Kier alpha value is -4.37. The third-order valence-electron chi connectivity index (χ3n) is 6.40. The zero-order valence-electron chi connectivity index (χ0n) is 22.4. The van der Waals surface area contributed by atoms with Crippen molar-refractivity contribution >= 4 is 5.82 Å². The number of pyridine rings is 1. The Morgan fingerprint density at radius 2 is 1.21 bits per heavy atom. The lowest BCUT2D eigenvalue weighted by molar-refractivity contribution is 0.249. The molecule has 0 fully saturated rings.